The summed E-state index contributed by atoms with van der Waals surface area (Å²) in [7, 11) is 0. The van der Waals surface area contributed by atoms with Gasteiger partial charge in [0.1, 0.15) is 5.54 Å². The van der Waals surface area contributed by atoms with E-state index in [-0.39, 0.29) is 5.91 Å². The zero-order chi connectivity index (χ0) is 15.7. The maximum absolute atomic E-state index is 12.3. The lowest BCUT2D eigenvalue weighted by molar-refractivity contribution is -0.120. The molecule has 3 N–H and O–H groups in total. The van der Waals surface area contributed by atoms with Gasteiger partial charge in [-0.2, -0.15) is 0 Å². The van der Waals surface area contributed by atoms with E-state index in [1.165, 1.54) is 0 Å². The monoisotopic (exact) mass is 296 g/mol. The van der Waals surface area contributed by atoms with Crippen LogP contribution in [-0.4, -0.2) is 21.0 Å². The van der Waals surface area contributed by atoms with Gasteiger partial charge in [0, 0.05) is 17.1 Å². The second-order valence-electron chi connectivity index (χ2n) is 5.82. The molecule has 0 saturated carbocycles. The number of nitrogens with zero attached hydrogens (tertiary/aromatic N) is 2. The quantitative estimate of drug-likeness (QED) is 0.855. The molecule has 0 saturated heterocycles. The molecule has 0 bridgehead atoms. The topological polar surface area (TPSA) is 72.9 Å². The summed E-state index contributed by atoms with van der Waals surface area (Å²) in [6.45, 7) is 4.01. The first kappa shape index (κ1) is 14.5. The van der Waals surface area contributed by atoms with E-state index in [9.17, 15) is 4.79 Å². The number of aryl methyl sites for hydroxylation is 1. The van der Waals surface area contributed by atoms with E-state index in [1.54, 1.807) is 6.33 Å². The van der Waals surface area contributed by atoms with Crippen molar-refractivity contribution < 1.29 is 4.79 Å². The maximum atomic E-state index is 12.3. The third kappa shape index (κ3) is 2.55. The predicted molar refractivity (Wildman–Crippen MR) is 87.0 cm³/mol. The van der Waals surface area contributed by atoms with Gasteiger partial charge < -0.3 is 15.6 Å². The largest absolute Gasteiger partial charge is 0.324 e. The number of imidazole rings is 1. The van der Waals surface area contributed by atoms with E-state index in [1.807, 2.05) is 54.8 Å². The third-order valence-electron chi connectivity index (χ3n) is 4.24. The second-order valence-corrected chi connectivity index (χ2v) is 5.82. The van der Waals surface area contributed by atoms with Crippen molar-refractivity contribution in [2.75, 3.05) is 5.32 Å². The predicted octanol–water partition coefficient (Wildman–Crippen LogP) is 2.48. The fraction of sp³-hybridized carbons (Fsp3) is 0.294. The molecule has 3 rings (SSSR count). The first-order valence-electron chi connectivity index (χ1n) is 7.36. The Hall–Kier alpha value is -2.40. The lowest BCUT2D eigenvalue weighted by Crippen LogP contribution is -2.49. The highest BCUT2D eigenvalue weighted by atomic mass is 16.2. The van der Waals surface area contributed by atoms with Crippen LogP contribution >= 0.6 is 0 Å². The molecule has 114 valence electrons. The minimum absolute atomic E-state index is 0.139. The molecular weight excluding hydrogens is 276 g/mol. The Kier molecular flexibility index (Phi) is 3.58. The number of carbonyl (C=O) groups excluding carboxylic acids is 1. The van der Waals surface area contributed by atoms with Crippen molar-refractivity contribution in [3.05, 3.63) is 54.1 Å². The molecular formula is C17H20N4O. The number of amides is 1. The van der Waals surface area contributed by atoms with Gasteiger partial charge in [-0.1, -0.05) is 12.2 Å². The number of nitrogens with one attached hydrogen (secondary N) is 1. The fourth-order valence-corrected chi connectivity index (χ4v) is 2.58. The normalized spacial score (nSPS) is 16.0. The van der Waals surface area contributed by atoms with Gasteiger partial charge in [-0.25, -0.2) is 4.98 Å². The summed E-state index contributed by atoms with van der Waals surface area (Å²) in [5, 5.41) is 2.89. The molecule has 1 aliphatic carbocycles. The number of benzene rings is 1. The summed E-state index contributed by atoms with van der Waals surface area (Å²) in [4.78, 5) is 16.6. The average Bonchev–Trinajstić information content (AvgIpc) is 3.09. The van der Waals surface area contributed by atoms with Crippen molar-refractivity contribution in [2.45, 2.75) is 32.2 Å². The molecule has 1 amide bonds. The van der Waals surface area contributed by atoms with Crippen LogP contribution in [0.25, 0.3) is 5.69 Å². The summed E-state index contributed by atoms with van der Waals surface area (Å²) >= 11 is 0. The third-order valence-corrected chi connectivity index (χ3v) is 4.24. The van der Waals surface area contributed by atoms with Crippen molar-refractivity contribution >= 4 is 11.6 Å². The lowest BCUT2D eigenvalue weighted by atomic mass is 9.97. The van der Waals surface area contributed by atoms with Gasteiger partial charge in [-0.15, -0.1) is 0 Å². The number of aromatic nitrogens is 2. The number of anilines is 1. The summed E-state index contributed by atoms with van der Waals surface area (Å²) in [5.74, 6) is -0.139. The highest BCUT2D eigenvalue weighted by molar-refractivity contribution is 5.98. The van der Waals surface area contributed by atoms with Crippen LogP contribution in [-0.2, 0) is 4.79 Å². The molecule has 0 aliphatic heterocycles. The molecule has 1 aliphatic rings. The minimum Gasteiger partial charge on any atom is -0.324 e. The first-order chi connectivity index (χ1) is 10.5. The average molecular weight is 296 g/mol. The maximum Gasteiger partial charge on any atom is 0.245 e. The van der Waals surface area contributed by atoms with Gasteiger partial charge in [0.15, 0.2) is 0 Å². The Morgan fingerprint density at radius 3 is 2.41 bits per heavy atom. The van der Waals surface area contributed by atoms with Crippen molar-refractivity contribution in [2.24, 2.45) is 5.73 Å². The molecule has 0 radical (unpaired) electrons. The summed E-state index contributed by atoms with van der Waals surface area (Å²) < 4.78 is 2.02. The molecule has 0 fully saturated rings. The van der Waals surface area contributed by atoms with E-state index < -0.39 is 5.54 Å². The molecule has 1 aromatic heterocycles. The Bertz CT molecular complexity index is 720. The van der Waals surface area contributed by atoms with Gasteiger partial charge in [-0.05, 0) is 51.0 Å². The van der Waals surface area contributed by atoms with Crippen LogP contribution in [0, 0.1) is 13.8 Å². The van der Waals surface area contributed by atoms with Crippen molar-refractivity contribution in [3.63, 3.8) is 0 Å². The van der Waals surface area contributed by atoms with Gasteiger partial charge in [0.25, 0.3) is 0 Å². The van der Waals surface area contributed by atoms with Crippen LogP contribution < -0.4 is 11.1 Å². The first-order valence-corrected chi connectivity index (χ1v) is 7.36. The number of nitrogens with two attached hydrogens (primary N) is 1. The number of hydrogen-bond donors (Lipinski definition) is 2. The molecule has 0 unspecified atom stereocenters. The van der Waals surface area contributed by atoms with Crippen LogP contribution in [0.2, 0.25) is 0 Å². The molecule has 0 atom stereocenters. The fourth-order valence-electron chi connectivity index (χ4n) is 2.58. The lowest BCUT2D eigenvalue weighted by Gasteiger charge is -2.22. The smallest absolute Gasteiger partial charge is 0.245 e. The van der Waals surface area contributed by atoms with E-state index in [2.05, 4.69) is 10.3 Å². The van der Waals surface area contributed by atoms with E-state index in [0.717, 1.165) is 22.8 Å². The standard InChI is InChI=1S/C17H20N4O/c1-12-13(2)21(11-19-12)15-7-5-14(6-8-15)20-16(22)17(18)9-3-4-10-17/h3-8,11H,9-10,18H2,1-2H3,(H,20,22). The van der Waals surface area contributed by atoms with Crippen LogP contribution in [0.3, 0.4) is 0 Å². The highest BCUT2D eigenvalue weighted by Crippen LogP contribution is 2.23. The number of hydrogen-bond acceptors (Lipinski definition) is 3. The minimum atomic E-state index is -0.809. The Balaban J connectivity index is 1.75. The van der Waals surface area contributed by atoms with Crippen LogP contribution in [0.4, 0.5) is 5.69 Å². The van der Waals surface area contributed by atoms with Crippen LogP contribution in [0.15, 0.2) is 42.7 Å². The number of rotatable bonds is 3. The van der Waals surface area contributed by atoms with Gasteiger partial charge in [0.05, 0.1) is 12.0 Å². The summed E-state index contributed by atoms with van der Waals surface area (Å²) in [5.41, 5.74) is 9.18. The van der Waals surface area contributed by atoms with Crippen molar-refractivity contribution in [3.8, 4) is 5.69 Å². The Labute approximate surface area is 129 Å². The Morgan fingerprint density at radius 2 is 1.86 bits per heavy atom. The van der Waals surface area contributed by atoms with E-state index in [4.69, 9.17) is 5.73 Å². The van der Waals surface area contributed by atoms with Crippen molar-refractivity contribution in [1.82, 2.24) is 9.55 Å². The molecule has 22 heavy (non-hydrogen) atoms. The molecule has 0 spiro atoms. The molecule has 1 heterocycles. The summed E-state index contributed by atoms with van der Waals surface area (Å²) in [6.07, 6.45) is 6.88. The molecule has 1 aromatic carbocycles. The zero-order valence-corrected chi connectivity index (χ0v) is 12.8. The van der Waals surface area contributed by atoms with E-state index >= 15 is 0 Å². The van der Waals surface area contributed by atoms with Gasteiger partial charge >= 0.3 is 0 Å². The van der Waals surface area contributed by atoms with Crippen LogP contribution in [0.5, 0.6) is 0 Å². The molecule has 5 heteroatoms. The highest BCUT2D eigenvalue weighted by Gasteiger charge is 2.34. The molecule has 5 nitrogen and oxygen atoms in total. The zero-order valence-electron chi connectivity index (χ0n) is 12.8. The van der Waals surface area contributed by atoms with Crippen molar-refractivity contribution in [1.29, 1.82) is 0 Å². The van der Waals surface area contributed by atoms with Gasteiger partial charge in [-0.3, -0.25) is 4.79 Å². The second kappa shape index (κ2) is 5.42. The Morgan fingerprint density at radius 1 is 1.23 bits per heavy atom. The number of carbonyl (C=O) groups is 1. The van der Waals surface area contributed by atoms with Gasteiger partial charge in [0.2, 0.25) is 5.91 Å². The van der Waals surface area contributed by atoms with Crippen LogP contribution in [0.1, 0.15) is 24.2 Å². The molecule has 2 aromatic rings. The van der Waals surface area contributed by atoms with E-state index in [0.29, 0.717) is 12.8 Å². The SMILES string of the molecule is Cc1ncn(-c2ccc(NC(=O)C3(N)CC=CC3)cc2)c1C. The summed E-state index contributed by atoms with van der Waals surface area (Å²) in [6, 6.07) is 7.68.